The van der Waals surface area contributed by atoms with Gasteiger partial charge in [0.05, 0.1) is 12.8 Å². The monoisotopic (exact) mass is 276 g/mol. The van der Waals surface area contributed by atoms with Gasteiger partial charge in [-0.1, -0.05) is 13.8 Å². The van der Waals surface area contributed by atoms with Crippen LogP contribution >= 0.6 is 11.3 Å². The van der Waals surface area contributed by atoms with E-state index < -0.39 is 0 Å². The van der Waals surface area contributed by atoms with Crippen molar-refractivity contribution in [3.63, 3.8) is 0 Å². The molecule has 0 aliphatic rings. The number of benzene rings is 1. The van der Waals surface area contributed by atoms with Gasteiger partial charge in [-0.25, -0.2) is 4.98 Å². The minimum atomic E-state index is 0.451. The minimum absolute atomic E-state index is 0.451. The van der Waals surface area contributed by atoms with Crippen molar-refractivity contribution in [2.24, 2.45) is 0 Å². The van der Waals surface area contributed by atoms with E-state index in [1.54, 1.807) is 18.4 Å². The van der Waals surface area contributed by atoms with E-state index in [0.29, 0.717) is 5.92 Å². The van der Waals surface area contributed by atoms with Gasteiger partial charge >= 0.3 is 0 Å². The van der Waals surface area contributed by atoms with Crippen LogP contribution in [0.2, 0.25) is 0 Å². The average Bonchev–Trinajstić information content (AvgIpc) is 2.83. The third-order valence-electron chi connectivity index (χ3n) is 2.95. The van der Waals surface area contributed by atoms with Crippen LogP contribution in [0.25, 0.3) is 10.6 Å². The van der Waals surface area contributed by atoms with Crippen molar-refractivity contribution in [3.05, 3.63) is 34.8 Å². The number of ether oxygens (including phenoxy) is 1. The minimum Gasteiger partial charge on any atom is -0.497 e. The van der Waals surface area contributed by atoms with E-state index in [1.807, 2.05) is 19.2 Å². The Morgan fingerprint density at radius 3 is 2.47 bits per heavy atom. The highest BCUT2D eigenvalue weighted by atomic mass is 32.1. The standard InChI is InChI=1S/C15H20N2OS/c1-10(2)14-13(9-16-3)19-15(17-14)11-5-7-12(18-4)8-6-11/h5-8,10,16H,9H2,1-4H3. The zero-order valence-electron chi connectivity index (χ0n) is 11.9. The molecule has 0 bridgehead atoms. The average molecular weight is 276 g/mol. The molecule has 0 unspecified atom stereocenters. The van der Waals surface area contributed by atoms with Gasteiger partial charge in [-0.2, -0.15) is 0 Å². The molecular formula is C15H20N2OS. The summed E-state index contributed by atoms with van der Waals surface area (Å²) in [6.45, 7) is 5.25. The largest absolute Gasteiger partial charge is 0.497 e. The van der Waals surface area contributed by atoms with Gasteiger partial charge < -0.3 is 10.1 Å². The van der Waals surface area contributed by atoms with E-state index >= 15 is 0 Å². The normalized spacial score (nSPS) is 11.0. The van der Waals surface area contributed by atoms with E-state index in [0.717, 1.165) is 22.9 Å². The number of nitrogens with one attached hydrogen (secondary N) is 1. The summed E-state index contributed by atoms with van der Waals surface area (Å²) < 4.78 is 5.18. The molecule has 0 saturated carbocycles. The molecule has 2 aromatic rings. The zero-order valence-corrected chi connectivity index (χ0v) is 12.7. The van der Waals surface area contributed by atoms with Crippen molar-refractivity contribution in [1.82, 2.24) is 10.3 Å². The highest BCUT2D eigenvalue weighted by molar-refractivity contribution is 7.15. The second-order valence-electron chi connectivity index (χ2n) is 4.74. The summed E-state index contributed by atoms with van der Waals surface area (Å²) in [5, 5.41) is 4.29. The van der Waals surface area contributed by atoms with Gasteiger partial charge in [0.25, 0.3) is 0 Å². The second-order valence-corrected chi connectivity index (χ2v) is 5.82. The predicted molar refractivity (Wildman–Crippen MR) is 81.0 cm³/mol. The molecule has 1 aromatic carbocycles. The molecule has 0 atom stereocenters. The highest BCUT2D eigenvalue weighted by Gasteiger charge is 2.14. The molecule has 1 N–H and O–H groups in total. The third-order valence-corrected chi connectivity index (χ3v) is 4.07. The Morgan fingerprint density at radius 2 is 1.95 bits per heavy atom. The van der Waals surface area contributed by atoms with Crippen LogP contribution in [0.15, 0.2) is 24.3 Å². The topological polar surface area (TPSA) is 34.1 Å². The number of aromatic nitrogens is 1. The Hall–Kier alpha value is -1.39. The lowest BCUT2D eigenvalue weighted by atomic mass is 10.1. The molecule has 0 fully saturated rings. The molecule has 19 heavy (non-hydrogen) atoms. The maximum atomic E-state index is 5.18. The fraction of sp³-hybridized carbons (Fsp3) is 0.400. The first kappa shape index (κ1) is 14.0. The molecular weight excluding hydrogens is 256 g/mol. The van der Waals surface area contributed by atoms with Crippen molar-refractivity contribution < 1.29 is 4.74 Å². The van der Waals surface area contributed by atoms with Crippen molar-refractivity contribution in [3.8, 4) is 16.3 Å². The Labute approximate surface area is 118 Å². The maximum absolute atomic E-state index is 5.18. The molecule has 0 spiro atoms. The quantitative estimate of drug-likeness (QED) is 0.905. The summed E-state index contributed by atoms with van der Waals surface area (Å²) in [7, 11) is 3.65. The smallest absolute Gasteiger partial charge is 0.123 e. The maximum Gasteiger partial charge on any atom is 0.123 e. The second kappa shape index (κ2) is 6.17. The summed E-state index contributed by atoms with van der Waals surface area (Å²) in [5.74, 6) is 1.33. The lowest BCUT2D eigenvalue weighted by Crippen LogP contribution is -2.06. The van der Waals surface area contributed by atoms with Gasteiger partial charge in [0.2, 0.25) is 0 Å². The van der Waals surface area contributed by atoms with E-state index in [1.165, 1.54) is 10.6 Å². The van der Waals surface area contributed by atoms with Crippen LogP contribution in [0.3, 0.4) is 0 Å². The molecule has 0 aliphatic carbocycles. The zero-order chi connectivity index (χ0) is 13.8. The molecule has 3 nitrogen and oxygen atoms in total. The van der Waals surface area contributed by atoms with E-state index in [4.69, 9.17) is 9.72 Å². The van der Waals surface area contributed by atoms with Crippen LogP contribution in [0.5, 0.6) is 5.75 Å². The Bertz CT molecular complexity index is 532. The van der Waals surface area contributed by atoms with Gasteiger partial charge in [-0.15, -0.1) is 11.3 Å². The fourth-order valence-corrected chi connectivity index (χ4v) is 3.19. The van der Waals surface area contributed by atoms with Crippen molar-refractivity contribution >= 4 is 11.3 Å². The summed E-state index contributed by atoms with van der Waals surface area (Å²) in [4.78, 5) is 6.11. The molecule has 2 rings (SSSR count). The predicted octanol–water partition coefficient (Wildman–Crippen LogP) is 3.66. The molecule has 4 heteroatoms. The fourth-order valence-electron chi connectivity index (χ4n) is 1.96. The Morgan fingerprint density at radius 1 is 1.26 bits per heavy atom. The Balaban J connectivity index is 2.35. The van der Waals surface area contributed by atoms with Gasteiger partial charge in [0, 0.05) is 17.0 Å². The summed E-state index contributed by atoms with van der Waals surface area (Å²) in [5.41, 5.74) is 2.35. The first-order chi connectivity index (χ1) is 9.15. The molecule has 1 aromatic heterocycles. The van der Waals surface area contributed by atoms with Crippen LogP contribution < -0.4 is 10.1 Å². The van der Waals surface area contributed by atoms with E-state index in [9.17, 15) is 0 Å². The van der Waals surface area contributed by atoms with E-state index in [-0.39, 0.29) is 0 Å². The number of hydrogen-bond acceptors (Lipinski definition) is 4. The van der Waals surface area contributed by atoms with Crippen LogP contribution in [-0.4, -0.2) is 19.1 Å². The van der Waals surface area contributed by atoms with E-state index in [2.05, 4.69) is 31.3 Å². The lowest BCUT2D eigenvalue weighted by Gasteiger charge is -2.03. The molecule has 1 heterocycles. The number of hydrogen-bond donors (Lipinski definition) is 1. The molecule has 0 saturated heterocycles. The van der Waals surface area contributed by atoms with Crippen LogP contribution in [0.4, 0.5) is 0 Å². The summed E-state index contributed by atoms with van der Waals surface area (Å²) in [6.07, 6.45) is 0. The molecule has 0 aliphatic heterocycles. The molecule has 0 amide bonds. The van der Waals surface area contributed by atoms with Crippen molar-refractivity contribution in [2.75, 3.05) is 14.2 Å². The summed E-state index contributed by atoms with van der Waals surface area (Å²) in [6, 6.07) is 8.07. The first-order valence-electron chi connectivity index (χ1n) is 6.44. The number of methoxy groups -OCH3 is 1. The van der Waals surface area contributed by atoms with Gasteiger partial charge in [0.1, 0.15) is 10.8 Å². The third kappa shape index (κ3) is 3.14. The van der Waals surface area contributed by atoms with Crippen LogP contribution in [-0.2, 0) is 6.54 Å². The highest BCUT2D eigenvalue weighted by Crippen LogP contribution is 2.32. The molecule has 0 radical (unpaired) electrons. The summed E-state index contributed by atoms with van der Waals surface area (Å²) >= 11 is 1.76. The van der Waals surface area contributed by atoms with Crippen molar-refractivity contribution in [2.45, 2.75) is 26.3 Å². The van der Waals surface area contributed by atoms with Crippen LogP contribution in [0, 0.1) is 0 Å². The number of nitrogens with zero attached hydrogens (tertiary/aromatic N) is 1. The number of thiazole rings is 1. The van der Waals surface area contributed by atoms with Crippen LogP contribution in [0.1, 0.15) is 30.3 Å². The van der Waals surface area contributed by atoms with Gasteiger partial charge in [-0.05, 0) is 37.2 Å². The Kier molecular flexibility index (Phi) is 4.56. The van der Waals surface area contributed by atoms with Gasteiger partial charge in [-0.3, -0.25) is 0 Å². The SMILES string of the molecule is CNCc1sc(-c2ccc(OC)cc2)nc1C(C)C. The lowest BCUT2D eigenvalue weighted by molar-refractivity contribution is 0.415. The number of rotatable bonds is 5. The molecule has 102 valence electrons. The van der Waals surface area contributed by atoms with Gasteiger partial charge in [0.15, 0.2) is 0 Å². The first-order valence-corrected chi connectivity index (χ1v) is 7.26. The van der Waals surface area contributed by atoms with Crippen molar-refractivity contribution in [1.29, 1.82) is 0 Å².